The molecule has 0 aliphatic heterocycles. The molecule has 2 aromatic carbocycles. The zero-order valence-corrected chi connectivity index (χ0v) is 16.6. The molecule has 2 aromatic heterocycles. The average molecular weight is 411 g/mol. The lowest BCUT2D eigenvalue weighted by Gasteiger charge is -2.11. The van der Waals surface area contributed by atoms with E-state index >= 15 is 0 Å². The van der Waals surface area contributed by atoms with Crippen LogP contribution in [0.4, 0.5) is 5.69 Å². The van der Waals surface area contributed by atoms with Gasteiger partial charge >= 0.3 is 0 Å². The number of rotatable bonds is 6. The lowest BCUT2D eigenvalue weighted by atomic mass is 10.2. The highest BCUT2D eigenvalue weighted by Gasteiger charge is 2.15. The fourth-order valence-electron chi connectivity index (χ4n) is 3.07. The summed E-state index contributed by atoms with van der Waals surface area (Å²) >= 11 is 1.23. The SMILES string of the molecule is CCOc1ccc(/C=c2\sc3nc4ccc([N+](=O)[O-])cc4n3c2=O)cc1OCC. The first-order valence-corrected chi connectivity index (χ1v) is 9.84. The van der Waals surface area contributed by atoms with Crippen LogP contribution in [0.15, 0.2) is 41.2 Å². The van der Waals surface area contributed by atoms with Gasteiger partial charge in [-0.25, -0.2) is 9.38 Å². The predicted octanol–water partition coefficient (Wildman–Crippen LogP) is 3.16. The number of nitrogens with zero attached hydrogens (tertiary/aromatic N) is 3. The van der Waals surface area contributed by atoms with E-state index in [0.717, 1.165) is 5.56 Å². The summed E-state index contributed by atoms with van der Waals surface area (Å²) in [6.45, 7) is 4.80. The van der Waals surface area contributed by atoms with Crippen LogP contribution in [0.3, 0.4) is 0 Å². The minimum Gasteiger partial charge on any atom is -0.490 e. The van der Waals surface area contributed by atoms with Gasteiger partial charge in [0.1, 0.15) is 0 Å². The van der Waals surface area contributed by atoms with E-state index in [4.69, 9.17) is 9.47 Å². The van der Waals surface area contributed by atoms with Crippen LogP contribution in [0.2, 0.25) is 0 Å². The molecule has 0 aliphatic carbocycles. The fraction of sp³-hybridized carbons (Fsp3) is 0.200. The van der Waals surface area contributed by atoms with Gasteiger partial charge in [-0.05, 0) is 43.7 Å². The summed E-state index contributed by atoms with van der Waals surface area (Å²) < 4.78 is 13.1. The number of hydrogen-bond acceptors (Lipinski definition) is 7. The average Bonchev–Trinajstić information content (AvgIpc) is 3.20. The molecule has 29 heavy (non-hydrogen) atoms. The molecule has 0 saturated carbocycles. The second kappa shape index (κ2) is 7.51. The molecule has 4 rings (SSSR count). The molecule has 0 N–H and O–H groups in total. The second-order valence-electron chi connectivity index (χ2n) is 6.15. The molecule has 0 radical (unpaired) electrons. The van der Waals surface area contributed by atoms with Crippen molar-refractivity contribution < 1.29 is 14.4 Å². The molecular formula is C20H17N3O5S. The number of hydrogen-bond donors (Lipinski definition) is 0. The summed E-state index contributed by atoms with van der Waals surface area (Å²) in [6, 6.07) is 9.78. The molecule has 0 fully saturated rings. The zero-order chi connectivity index (χ0) is 20.5. The van der Waals surface area contributed by atoms with Gasteiger partial charge in [0, 0.05) is 12.1 Å². The third-order valence-corrected chi connectivity index (χ3v) is 5.27. The number of aromatic nitrogens is 2. The van der Waals surface area contributed by atoms with Crippen molar-refractivity contribution >= 4 is 39.1 Å². The maximum Gasteiger partial charge on any atom is 0.274 e. The van der Waals surface area contributed by atoms with Crippen LogP contribution in [0, 0.1) is 10.1 Å². The normalized spacial score (nSPS) is 12.0. The monoisotopic (exact) mass is 411 g/mol. The zero-order valence-electron chi connectivity index (χ0n) is 15.7. The largest absolute Gasteiger partial charge is 0.490 e. The number of nitro groups is 1. The third-order valence-electron chi connectivity index (χ3n) is 4.30. The van der Waals surface area contributed by atoms with Crippen LogP contribution >= 0.6 is 11.3 Å². The molecule has 0 spiro atoms. The number of non-ortho nitro benzene ring substituents is 1. The van der Waals surface area contributed by atoms with E-state index in [2.05, 4.69) is 4.98 Å². The Hall–Kier alpha value is -3.46. The Kier molecular flexibility index (Phi) is 4.89. The molecule has 0 aliphatic rings. The van der Waals surface area contributed by atoms with E-state index in [0.29, 0.717) is 45.2 Å². The summed E-state index contributed by atoms with van der Waals surface area (Å²) in [7, 11) is 0. The Morgan fingerprint density at radius 2 is 1.90 bits per heavy atom. The van der Waals surface area contributed by atoms with Crippen LogP contribution in [-0.2, 0) is 0 Å². The van der Waals surface area contributed by atoms with Gasteiger partial charge in [0.05, 0.1) is 33.7 Å². The molecule has 9 heteroatoms. The van der Waals surface area contributed by atoms with Gasteiger partial charge in [0.15, 0.2) is 16.5 Å². The van der Waals surface area contributed by atoms with Crippen LogP contribution in [0.25, 0.3) is 22.1 Å². The quantitative estimate of drug-likeness (QED) is 0.357. The summed E-state index contributed by atoms with van der Waals surface area (Å²) in [5, 5.41) is 11.1. The van der Waals surface area contributed by atoms with Crippen molar-refractivity contribution in [2.75, 3.05) is 13.2 Å². The molecule has 0 bridgehead atoms. The van der Waals surface area contributed by atoms with Crippen molar-refractivity contribution in [1.29, 1.82) is 0 Å². The maximum absolute atomic E-state index is 12.9. The van der Waals surface area contributed by atoms with E-state index in [1.54, 1.807) is 12.1 Å². The highest BCUT2D eigenvalue weighted by atomic mass is 32.1. The Bertz CT molecular complexity index is 1340. The summed E-state index contributed by atoms with van der Waals surface area (Å²) in [4.78, 5) is 28.4. The number of thiazole rings is 1. The fourth-order valence-corrected chi connectivity index (χ4v) is 4.06. The van der Waals surface area contributed by atoms with E-state index < -0.39 is 4.92 Å². The summed E-state index contributed by atoms with van der Waals surface area (Å²) in [5.74, 6) is 1.26. The van der Waals surface area contributed by atoms with Crippen molar-refractivity contribution in [3.8, 4) is 11.5 Å². The third kappa shape index (κ3) is 3.40. The topological polar surface area (TPSA) is 96.0 Å². The summed E-state index contributed by atoms with van der Waals surface area (Å²) in [6.07, 6.45) is 1.75. The molecule has 8 nitrogen and oxygen atoms in total. The highest BCUT2D eigenvalue weighted by molar-refractivity contribution is 7.15. The van der Waals surface area contributed by atoms with Crippen LogP contribution < -0.4 is 19.6 Å². The van der Waals surface area contributed by atoms with Crippen molar-refractivity contribution in [3.63, 3.8) is 0 Å². The molecule has 0 atom stereocenters. The van der Waals surface area contributed by atoms with Gasteiger partial charge < -0.3 is 9.47 Å². The lowest BCUT2D eigenvalue weighted by Crippen LogP contribution is -2.22. The molecule has 4 aromatic rings. The maximum atomic E-state index is 12.9. The first-order chi connectivity index (χ1) is 14.0. The van der Waals surface area contributed by atoms with Gasteiger partial charge in [0.25, 0.3) is 11.2 Å². The van der Waals surface area contributed by atoms with Gasteiger partial charge in [-0.2, -0.15) is 0 Å². The van der Waals surface area contributed by atoms with Crippen LogP contribution in [-0.4, -0.2) is 27.5 Å². The van der Waals surface area contributed by atoms with Crippen molar-refractivity contribution in [2.24, 2.45) is 0 Å². The van der Waals surface area contributed by atoms with Gasteiger partial charge in [0.2, 0.25) is 0 Å². The summed E-state index contributed by atoms with van der Waals surface area (Å²) in [5.41, 5.74) is 1.42. The van der Waals surface area contributed by atoms with Crippen molar-refractivity contribution in [2.45, 2.75) is 13.8 Å². The lowest BCUT2D eigenvalue weighted by molar-refractivity contribution is -0.384. The molecule has 0 unspecified atom stereocenters. The number of fused-ring (bicyclic) bond motifs is 3. The van der Waals surface area contributed by atoms with Gasteiger partial charge in [-0.15, -0.1) is 0 Å². The Balaban J connectivity index is 1.86. The van der Waals surface area contributed by atoms with Gasteiger partial charge in [-0.1, -0.05) is 17.4 Å². The Morgan fingerprint density at radius 3 is 2.62 bits per heavy atom. The molecule has 0 amide bonds. The highest BCUT2D eigenvalue weighted by Crippen LogP contribution is 2.29. The van der Waals surface area contributed by atoms with E-state index in [1.807, 2.05) is 32.0 Å². The second-order valence-corrected chi connectivity index (χ2v) is 7.16. The first kappa shape index (κ1) is 18.9. The molecule has 2 heterocycles. The number of ether oxygens (including phenoxy) is 2. The van der Waals surface area contributed by atoms with E-state index in [-0.39, 0.29) is 11.2 Å². The first-order valence-electron chi connectivity index (χ1n) is 9.02. The molecule has 0 saturated heterocycles. The van der Waals surface area contributed by atoms with Crippen LogP contribution in [0.1, 0.15) is 19.4 Å². The Morgan fingerprint density at radius 1 is 1.14 bits per heavy atom. The van der Waals surface area contributed by atoms with Gasteiger partial charge in [-0.3, -0.25) is 14.9 Å². The van der Waals surface area contributed by atoms with Crippen molar-refractivity contribution in [3.05, 3.63) is 67.0 Å². The predicted molar refractivity (Wildman–Crippen MR) is 111 cm³/mol. The van der Waals surface area contributed by atoms with E-state index in [9.17, 15) is 14.9 Å². The number of nitro benzene ring substituents is 1. The number of imidazole rings is 1. The van der Waals surface area contributed by atoms with Crippen LogP contribution in [0.5, 0.6) is 11.5 Å². The molecular weight excluding hydrogens is 394 g/mol. The number of benzene rings is 2. The molecule has 148 valence electrons. The standard InChI is InChI=1S/C20H17N3O5S/c1-3-27-16-8-5-12(9-17(16)28-4-2)10-18-19(24)22-15-11-13(23(25)26)6-7-14(15)21-20(22)29-18/h5-11H,3-4H2,1-2H3/b18-10-. The minimum absolute atomic E-state index is 0.0803. The Labute approximate surface area is 168 Å². The minimum atomic E-state index is -0.488. The smallest absolute Gasteiger partial charge is 0.274 e. The van der Waals surface area contributed by atoms with Crippen molar-refractivity contribution in [1.82, 2.24) is 9.38 Å². The van der Waals surface area contributed by atoms with E-state index in [1.165, 1.54) is 27.9 Å².